The van der Waals surface area contributed by atoms with Crippen molar-refractivity contribution in [2.45, 2.75) is 26.9 Å². The van der Waals surface area contributed by atoms with E-state index < -0.39 is 0 Å². The molecule has 0 spiro atoms. The van der Waals surface area contributed by atoms with Crippen LogP contribution in [-0.4, -0.2) is 17.6 Å². The SMILES string of the molecule is CCc1ccc(N2N=C(C)/C(=C\c3ccc(-c4ccc5c(c4)COC5=O)o3)C2=O)cc1. The second-order valence-corrected chi connectivity index (χ2v) is 7.53. The molecule has 0 unspecified atom stereocenters. The molecule has 0 atom stereocenters. The van der Waals surface area contributed by atoms with Gasteiger partial charge in [0.05, 0.1) is 22.5 Å². The number of carbonyl (C=O) groups is 2. The molecule has 2 aliphatic heterocycles. The van der Waals surface area contributed by atoms with Crippen LogP contribution < -0.4 is 5.01 Å². The van der Waals surface area contributed by atoms with Gasteiger partial charge in [-0.2, -0.15) is 10.1 Å². The topological polar surface area (TPSA) is 72.1 Å². The normalized spacial score (nSPS) is 16.6. The first kappa shape index (κ1) is 19.1. The van der Waals surface area contributed by atoms with Gasteiger partial charge in [0.15, 0.2) is 0 Å². The van der Waals surface area contributed by atoms with E-state index in [0.717, 1.165) is 23.2 Å². The van der Waals surface area contributed by atoms with Gasteiger partial charge in [-0.15, -0.1) is 0 Å². The van der Waals surface area contributed by atoms with E-state index in [2.05, 4.69) is 12.0 Å². The Hall–Kier alpha value is -3.93. The van der Waals surface area contributed by atoms with Gasteiger partial charge >= 0.3 is 5.97 Å². The Kier molecular flexibility index (Phi) is 4.55. The van der Waals surface area contributed by atoms with Crippen molar-refractivity contribution in [3.05, 3.63) is 82.6 Å². The van der Waals surface area contributed by atoms with Crippen LogP contribution in [-0.2, 0) is 22.6 Å². The smallest absolute Gasteiger partial charge is 0.338 e. The number of hydrogen-bond acceptors (Lipinski definition) is 5. The van der Waals surface area contributed by atoms with Crippen molar-refractivity contribution in [1.29, 1.82) is 0 Å². The van der Waals surface area contributed by atoms with Crippen molar-refractivity contribution < 1.29 is 18.7 Å². The van der Waals surface area contributed by atoms with Crippen molar-refractivity contribution in [3.63, 3.8) is 0 Å². The molecule has 31 heavy (non-hydrogen) atoms. The van der Waals surface area contributed by atoms with Crippen LogP contribution >= 0.6 is 0 Å². The van der Waals surface area contributed by atoms with E-state index in [9.17, 15) is 9.59 Å². The highest BCUT2D eigenvalue weighted by Gasteiger charge is 2.29. The summed E-state index contributed by atoms with van der Waals surface area (Å²) < 4.78 is 11.0. The van der Waals surface area contributed by atoms with Crippen LogP contribution in [0, 0.1) is 0 Å². The maximum Gasteiger partial charge on any atom is 0.338 e. The maximum absolute atomic E-state index is 13.0. The first-order valence-corrected chi connectivity index (χ1v) is 10.1. The first-order chi connectivity index (χ1) is 15.0. The standard InChI is InChI=1S/C25H20N2O4/c1-3-16-4-7-19(8-5-16)27-24(28)22(15(2)26-27)13-20-9-11-23(31-20)17-6-10-21-18(12-17)14-30-25(21)29/h4-13H,3,14H2,1-2H3/b22-13+. The fourth-order valence-corrected chi connectivity index (χ4v) is 3.75. The number of benzene rings is 2. The molecule has 3 aromatic rings. The van der Waals surface area contributed by atoms with Crippen molar-refractivity contribution in [3.8, 4) is 11.3 Å². The summed E-state index contributed by atoms with van der Waals surface area (Å²) in [5.74, 6) is 0.729. The number of fused-ring (bicyclic) bond motifs is 1. The van der Waals surface area contributed by atoms with Crippen LogP contribution in [0.4, 0.5) is 5.69 Å². The molecule has 0 saturated heterocycles. The molecule has 6 heteroatoms. The van der Waals surface area contributed by atoms with Gasteiger partial charge in [0.1, 0.15) is 18.1 Å². The molecule has 1 amide bonds. The van der Waals surface area contributed by atoms with Gasteiger partial charge in [0.25, 0.3) is 5.91 Å². The summed E-state index contributed by atoms with van der Waals surface area (Å²) in [5, 5.41) is 5.85. The van der Waals surface area contributed by atoms with Crippen molar-refractivity contribution in [1.82, 2.24) is 0 Å². The van der Waals surface area contributed by atoms with Crippen LogP contribution in [0.2, 0.25) is 0 Å². The maximum atomic E-state index is 13.0. The molecule has 0 aliphatic carbocycles. The Morgan fingerprint density at radius 1 is 1.06 bits per heavy atom. The van der Waals surface area contributed by atoms with Crippen molar-refractivity contribution in [2.24, 2.45) is 5.10 Å². The Morgan fingerprint density at radius 3 is 2.65 bits per heavy atom. The Labute approximate surface area is 179 Å². The molecule has 0 saturated carbocycles. The summed E-state index contributed by atoms with van der Waals surface area (Å²) in [7, 11) is 0. The highest BCUT2D eigenvalue weighted by Crippen LogP contribution is 2.30. The van der Waals surface area contributed by atoms with E-state index in [4.69, 9.17) is 9.15 Å². The molecule has 0 N–H and O–H groups in total. The van der Waals surface area contributed by atoms with E-state index in [1.54, 1.807) is 12.1 Å². The number of hydrazone groups is 1. The average Bonchev–Trinajstić information content (AvgIpc) is 3.48. The van der Waals surface area contributed by atoms with E-state index in [0.29, 0.717) is 28.4 Å². The van der Waals surface area contributed by atoms with Gasteiger partial charge in [-0.25, -0.2) is 4.79 Å². The Balaban J connectivity index is 1.40. The Bertz CT molecular complexity index is 1260. The van der Waals surface area contributed by atoms with Crippen LogP contribution in [0.5, 0.6) is 0 Å². The zero-order valence-corrected chi connectivity index (χ0v) is 17.2. The minimum absolute atomic E-state index is 0.187. The molecule has 5 rings (SSSR count). The Morgan fingerprint density at radius 2 is 1.87 bits per heavy atom. The third-order valence-corrected chi connectivity index (χ3v) is 5.53. The number of hydrogen-bond donors (Lipinski definition) is 0. The lowest BCUT2D eigenvalue weighted by Gasteiger charge is -2.12. The number of carbonyl (C=O) groups excluding carboxylic acids is 2. The number of furan rings is 1. The van der Waals surface area contributed by atoms with Gasteiger partial charge in [0, 0.05) is 11.1 Å². The number of rotatable bonds is 4. The first-order valence-electron chi connectivity index (χ1n) is 10.1. The van der Waals surface area contributed by atoms with Gasteiger partial charge < -0.3 is 9.15 Å². The molecule has 6 nitrogen and oxygen atoms in total. The summed E-state index contributed by atoms with van der Waals surface area (Å²) >= 11 is 0. The third kappa shape index (κ3) is 3.36. The summed E-state index contributed by atoms with van der Waals surface area (Å²) in [5.41, 5.74) is 5.36. The van der Waals surface area contributed by atoms with Crippen molar-refractivity contribution >= 4 is 29.4 Å². The highest BCUT2D eigenvalue weighted by atomic mass is 16.5. The summed E-state index contributed by atoms with van der Waals surface area (Å²) in [6.45, 7) is 4.18. The summed E-state index contributed by atoms with van der Waals surface area (Å²) in [6.07, 6.45) is 2.65. The number of nitrogens with zero attached hydrogens (tertiary/aromatic N) is 2. The molecule has 3 heterocycles. The lowest BCUT2D eigenvalue weighted by atomic mass is 10.0. The number of anilines is 1. The quantitative estimate of drug-likeness (QED) is 0.447. The van der Waals surface area contributed by atoms with Crippen LogP contribution in [0.1, 0.15) is 41.1 Å². The average molecular weight is 412 g/mol. The number of ether oxygens (including phenoxy) is 1. The number of amides is 1. The zero-order chi connectivity index (χ0) is 21.5. The molecule has 2 aliphatic rings. The van der Waals surface area contributed by atoms with E-state index in [-0.39, 0.29) is 18.5 Å². The number of cyclic esters (lactones) is 1. The molecule has 1 aromatic heterocycles. The highest BCUT2D eigenvalue weighted by molar-refractivity contribution is 6.32. The second-order valence-electron chi connectivity index (χ2n) is 7.53. The van der Waals surface area contributed by atoms with Gasteiger partial charge in [-0.05, 0) is 61.4 Å². The molecule has 0 bridgehead atoms. The lowest BCUT2D eigenvalue weighted by molar-refractivity contribution is -0.114. The van der Waals surface area contributed by atoms with Crippen LogP contribution in [0.25, 0.3) is 17.4 Å². The van der Waals surface area contributed by atoms with Gasteiger partial charge in [0.2, 0.25) is 0 Å². The van der Waals surface area contributed by atoms with E-state index >= 15 is 0 Å². The van der Waals surface area contributed by atoms with Gasteiger partial charge in [-0.3, -0.25) is 4.79 Å². The zero-order valence-electron chi connectivity index (χ0n) is 17.2. The summed E-state index contributed by atoms with van der Waals surface area (Å²) in [4.78, 5) is 24.6. The van der Waals surface area contributed by atoms with Crippen LogP contribution in [0.15, 0.2) is 69.7 Å². The van der Waals surface area contributed by atoms with Crippen LogP contribution in [0.3, 0.4) is 0 Å². The number of aryl methyl sites for hydroxylation is 1. The predicted octanol–water partition coefficient (Wildman–Crippen LogP) is 4.99. The molecule has 2 aromatic carbocycles. The molecule has 0 fully saturated rings. The fourth-order valence-electron chi connectivity index (χ4n) is 3.75. The monoisotopic (exact) mass is 412 g/mol. The predicted molar refractivity (Wildman–Crippen MR) is 118 cm³/mol. The fraction of sp³-hybridized carbons (Fsp3) is 0.160. The lowest BCUT2D eigenvalue weighted by Crippen LogP contribution is -2.21. The third-order valence-electron chi connectivity index (χ3n) is 5.53. The van der Waals surface area contributed by atoms with Gasteiger partial charge in [-0.1, -0.05) is 25.1 Å². The minimum Gasteiger partial charge on any atom is -0.457 e. The number of esters is 1. The largest absolute Gasteiger partial charge is 0.457 e. The van der Waals surface area contributed by atoms with Crippen molar-refractivity contribution in [2.75, 3.05) is 5.01 Å². The molecular weight excluding hydrogens is 392 g/mol. The van der Waals surface area contributed by atoms with E-state index in [1.807, 2.05) is 55.5 Å². The van der Waals surface area contributed by atoms with E-state index in [1.165, 1.54) is 10.6 Å². The summed E-state index contributed by atoms with van der Waals surface area (Å²) in [6, 6.07) is 17.0. The molecule has 0 radical (unpaired) electrons. The minimum atomic E-state index is -0.296. The molecule has 154 valence electrons. The second kappa shape index (κ2) is 7.40. The molecular formula is C25H20N2O4.